The van der Waals surface area contributed by atoms with Crippen LogP contribution in [0.1, 0.15) is 41.8 Å². The second-order valence-electron chi connectivity index (χ2n) is 9.18. The average molecular weight is 500 g/mol. The van der Waals surface area contributed by atoms with Crippen LogP contribution in [0.3, 0.4) is 0 Å². The van der Waals surface area contributed by atoms with Crippen LogP contribution in [-0.2, 0) is 21.7 Å². The van der Waals surface area contributed by atoms with Gasteiger partial charge in [0, 0.05) is 36.9 Å². The number of aromatic nitrogens is 5. The summed E-state index contributed by atoms with van der Waals surface area (Å²) in [5.74, 6) is 1.28. The topological polar surface area (TPSA) is 115 Å². The minimum absolute atomic E-state index is 0.0573. The lowest BCUT2D eigenvalue weighted by Gasteiger charge is -2.54. The van der Waals surface area contributed by atoms with E-state index in [9.17, 15) is 13.2 Å². The summed E-state index contributed by atoms with van der Waals surface area (Å²) >= 11 is 6.10. The van der Waals surface area contributed by atoms with Gasteiger partial charge in [0.1, 0.15) is 22.3 Å². The second kappa shape index (κ2) is 7.22. The molecule has 176 valence electrons. The molecule has 3 aromatic rings. The van der Waals surface area contributed by atoms with Crippen LogP contribution in [-0.4, -0.2) is 73.1 Å². The van der Waals surface area contributed by atoms with E-state index in [4.69, 9.17) is 16.6 Å². The summed E-state index contributed by atoms with van der Waals surface area (Å²) in [6.45, 7) is 2.35. The maximum absolute atomic E-state index is 13.2. The number of aliphatic imine (C=N–C) groups is 1. The van der Waals surface area contributed by atoms with Crippen LogP contribution in [0.2, 0.25) is 5.02 Å². The van der Waals surface area contributed by atoms with Crippen LogP contribution >= 0.6 is 11.6 Å². The molecule has 0 bridgehead atoms. The van der Waals surface area contributed by atoms with E-state index >= 15 is 0 Å². The summed E-state index contributed by atoms with van der Waals surface area (Å²) in [6.07, 6.45) is 2.56. The SMILES string of the molecule is Cc1nnc2n1-c1cn(C)nc1C(c1ccc(Cl)cc1)=N[C@H]2CC(=O)N1CC2(CCS2(=O)=O)C1. The lowest BCUT2D eigenvalue weighted by molar-refractivity contribution is -0.137. The van der Waals surface area contributed by atoms with Gasteiger partial charge in [0.25, 0.3) is 0 Å². The lowest BCUT2D eigenvalue weighted by Crippen LogP contribution is -2.72. The standard InChI is InChI=1S/C22H22ClN7O3S/c1-13-25-26-21-16(9-18(31)29-11-22(12-29)7-8-34(22,32)33)24-19(14-3-5-15(23)6-4-14)20-17(30(13)21)10-28(2)27-20/h3-6,10,16H,7-9,11-12H2,1-2H3/t16-/m0/s1. The normalized spacial score (nSPS) is 21.7. The van der Waals surface area contributed by atoms with E-state index in [2.05, 4.69) is 15.3 Å². The second-order valence-corrected chi connectivity index (χ2v) is 12.1. The maximum atomic E-state index is 13.2. The molecular weight excluding hydrogens is 478 g/mol. The Labute approximate surface area is 201 Å². The van der Waals surface area contributed by atoms with Crippen molar-refractivity contribution in [3.8, 4) is 5.69 Å². The van der Waals surface area contributed by atoms with Crippen LogP contribution in [0.15, 0.2) is 35.5 Å². The van der Waals surface area contributed by atoms with Gasteiger partial charge < -0.3 is 4.90 Å². The lowest BCUT2D eigenvalue weighted by atomic mass is 9.94. The maximum Gasteiger partial charge on any atom is 0.225 e. The number of sulfone groups is 1. The largest absolute Gasteiger partial charge is 0.339 e. The van der Waals surface area contributed by atoms with Crippen molar-refractivity contribution in [1.29, 1.82) is 0 Å². The smallest absolute Gasteiger partial charge is 0.225 e. The minimum Gasteiger partial charge on any atom is -0.339 e. The first-order chi connectivity index (χ1) is 16.2. The molecule has 0 aliphatic carbocycles. The Morgan fingerprint density at radius 3 is 2.59 bits per heavy atom. The molecule has 10 nitrogen and oxygen atoms in total. The molecule has 1 atom stereocenters. The molecule has 1 amide bonds. The molecule has 2 saturated heterocycles. The predicted octanol–water partition coefficient (Wildman–Crippen LogP) is 1.64. The molecule has 12 heteroatoms. The number of aryl methyl sites for hydroxylation is 2. The number of nitrogens with zero attached hydrogens (tertiary/aromatic N) is 7. The van der Waals surface area contributed by atoms with Gasteiger partial charge in [-0.25, -0.2) is 8.42 Å². The number of fused-ring (bicyclic) bond motifs is 3. The quantitative estimate of drug-likeness (QED) is 0.541. The summed E-state index contributed by atoms with van der Waals surface area (Å²) < 4.78 is 27.1. The average Bonchev–Trinajstić information content (AvgIpc) is 3.29. The Bertz CT molecular complexity index is 1470. The summed E-state index contributed by atoms with van der Waals surface area (Å²) in [5.41, 5.74) is 2.90. The molecule has 5 heterocycles. The molecule has 3 aliphatic rings. The zero-order valence-corrected chi connectivity index (χ0v) is 20.2. The molecule has 2 fully saturated rings. The molecule has 6 rings (SSSR count). The number of carbonyl (C=O) groups excluding carboxylic acids is 1. The van der Waals surface area contributed by atoms with Crippen LogP contribution < -0.4 is 0 Å². The fourth-order valence-corrected chi connectivity index (χ4v) is 6.91. The monoisotopic (exact) mass is 499 g/mol. The molecule has 0 unspecified atom stereocenters. The fraction of sp³-hybridized carbons (Fsp3) is 0.409. The third kappa shape index (κ3) is 3.06. The van der Waals surface area contributed by atoms with Crippen molar-refractivity contribution in [2.24, 2.45) is 12.0 Å². The van der Waals surface area contributed by atoms with Gasteiger partial charge in [-0.3, -0.25) is 19.0 Å². The van der Waals surface area contributed by atoms with Crippen molar-refractivity contribution in [2.75, 3.05) is 18.8 Å². The first-order valence-corrected chi connectivity index (χ1v) is 13.0. The number of amides is 1. The van der Waals surface area contributed by atoms with Crippen molar-refractivity contribution in [2.45, 2.75) is 30.6 Å². The molecule has 1 aromatic carbocycles. The van der Waals surface area contributed by atoms with E-state index in [1.54, 1.807) is 21.7 Å². The number of rotatable bonds is 3. The Kier molecular flexibility index (Phi) is 4.56. The van der Waals surface area contributed by atoms with E-state index in [0.29, 0.717) is 34.5 Å². The third-order valence-electron chi connectivity index (χ3n) is 6.99. The van der Waals surface area contributed by atoms with Gasteiger partial charge in [0.05, 0.1) is 23.6 Å². The van der Waals surface area contributed by atoms with Crippen LogP contribution in [0.4, 0.5) is 0 Å². The Balaban J connectivity index is 1.39. The highest BCUT2D eigenvalue weighted by Gasteiger charge is 2.60. The molecule has 2 aromatic heterocycles. The van der Waals surface area contributed by atoms with Crippen LogP contribution in [0, 0.1) is 6.92 Å². The summed E-state index contributed by atoms with van der Waals surface area (Å²) in [6, 6.07) is 6.72. The number of likely N-dealkylation sites (tertiary alicyclic amines) is 1. The van der Waals surface area contributed by atoms with Crippen LogP contribution in [0.25, 0.3) is 5.69 Å². The number of hydrogen-bond acceptors (Lipinski definition) is 7. The zero-order chi connectivity index (χ0) is 23.8. The molecule has 1 spiro atoms. The van der Waals surface area contributed by atoms with E-state index in [-0.39, 0.29) is 31.2 Å². The Morgan fingerprint density at radius 2 is 1.94 bits per heavy atom. The number of benzene rings is 1. The molecule has 34 heavy (non-hydrogen) atoms. The summed E-state index contributed by atoms with van der Waals surface area (Å²) in [7, 11) is -1.25. The van der Waals surface area contributed by atoms with Gasteiger partial charge in [-0.15, -0.1) is 10.2 Å². The molecule has 3 aliphatic heterocycles. The highest BCUT2D eigenvalue weighted by molar-refractivity contribution is 7.94. The molecular formula is C22H22ClN7O3S. The number of carbonyl (C=O) groups is 1. The molecule has 0 saturated carbocycles. The van der Waals surface area contributed by atoms with Crippen molar-refractivity contribution in [3.05, 3.63) is 58.4 Å². The van der Waals surface area contributed by atoms with E-state index < -0.39 is 20.6 Å². The van der Waals surface area contributed by atoms with Crippen molar-refractivity contribution in [1.82, 2.24) is 29.4 Å². The highest BCUT2D eigenvalue weighted by Crippen LogP contribution is 2.43. The fourth-order valence-electron chi connectivity index (χ4n) is 4.96. The van der Waals surface area contributed by atoms with Gasteiger partial charge in [-0.1, -0.05) is 23.7 Å². The van der Waals surface area contributed by atoms with Crippen molar-refractivity contribution in [3.63, 3.8) is 0 Å². The van der Waals surface area contributed by atoms with Crippen molar-refractivity contribution < 1.29 is 13.2 Å². The van der Waals surface area contributed by atoms with Crippen LogP contribution in [0.5, 0.6) is 0 Å². The molecule has 0 N–H and O–H groups in total. The predicted molar refractivity (Wildman–Crippen MR) is 125 cm³/mol. The van der Waals surface area contributed by atoms with Crippen molar-refractivity contribution >= 4 is 33.1 Å². The third-order valence-corrected chi connectivity index (χ3v) is 9.77. The van der Waals surface area contributed by atoms with Gasteiger partial charge in [0.15, 0.2) is 15.7 Å². The number of halogens is 1. The number of hydrogen-bond donors (Lipinski definition) is 0. The summed E-state index contributed by atoms with van der Waals surface area (Å²) in [5, 5.41) is 13.9. The Morgan fingerprint density at radius 1 is 1.21 bits per heavy atom. The van der Waals surface area contributed by atoms with E-state index in [1.165, 1.54) is 0 Å². The van der Waals surface area contributed by atoms with Gasteiger partial charge >= 0.3 is 0 Å². The highest BCUT2D eigenvalue weighted by atomic mass is 35.5. The van der Waals surface area contributed by atoms with Gasteiger partial charge in [0.2, 0.25) is 5.91 Å². The van der Waals surface area contributed by atoms with Gasteiger partial charge in [-0.05, 0) is 25.5 Å². The van der Waals surface area contributed by atoms with E-state index in [1.807, 2.05) is 36.9 Å². The first kappa shape index (κ1) is 21.5. The first-order valence-electron chi connectivity index (χ1n) is 11.0. The zero-order valence-electron chi connectivity index (χ0n) is 18.6. The minimum atomic E-state index is -3.09. The van der Waals surface area contributed by atoms with Gasteiger partial charge in [-0.2, -0.15) is 5.10 Å². The van der Waals surface area contributed by atoms with E-state index in [0.717, 1.165) is 11.3 Å². The summed E-state index contributed by atoms with van der Waals surface area (Å²) in [4.78, 5) is 19.8. The Hall–Kier alpha value is -3.05. The molecule has 0 radical (unpaired) electrons.